The third kappa shape index (κ3) is 2.29. The van der Waals surface area contributed by atoms with Crippen molar-refractivity contribution in [3.05, 3.63) is 58.9 Å². The van der Waals surface area contributed by atoms with Crippen molar-refractivity contribution >= 4 is 17.6 Å². The number of hydrogen-bond donors (Lipinski definition) is 1. The molecule has 0 bridgehead atoms. The van der Waals surface area contributed by atoms with Crippen LogP contribution in [0.5, 0.6) is 0 Å². The molecule has 2 aromatic carbocycles. The number of carbonyl (C=O) groups is 1. The maximum Gasteiger partial charge on any atom is 0.339 e. The molecule has 2 rings (SSSR count). The number of carboxylic acid groups (broad SMARTS) is 1. The van der Waals surface area contributed by atoms with Crippen molar-refractivity contribution in [2.75, 3.05) is 0 Å². The molecular formula is C13H8ClFO2. The summed E-state index contributed by atoms with van der Waals surface area (Å²) in [4.78, 5) is 11.0. The van der Waals surface area contributed by atoms with Gasteiger partial charge in [-0.3, -0.25) is 0 Å². The van der Waals surface area contributed by atoms with Crippen molar-refractivity contribution in [2.45, 2.75) is 0 Å². The average Bonchev–Trinajstić information content (AvgIpc) is 2.28. The summed E-state index contributed by atoms with van der Waals surface area (Å²) in [5.74, 6) is -2.05. The molecule has 2 nitrogen and oxygen atoms in total. The summed E-state index contributed by atoms with van der Waals surface area (Å²) in [6.45, 7) is 0. The molecule has 0 aliphatic rings. The Morgan fingerprint density at radius 2 is 1.88 bits per heavy atom. The topological polar surface area (TPSA) is 37.3 Å². The van der Waals surface area contributed by atoms with Gasteiger partial charge in [-0.15, -0.1) is 0 Å². The van der Waals surface area contributed by atoms with Gasteiger partial charge in [0, 0.05) is 5.02 Å². The minimum absolute atomic E-state index is 0.319. The summed E-state index contributed by atoms with van der Waals surface area (Å²) in [5.41, 5.74) is 0.559. The number of rotatable bonds is 2. The predicted octanol–water partition coefficient (Wildman–Crippen LogP) is 3.84. The van der Waals surface area contributed by atoms with Gasteiger partial charge in [-0.25, -0.2) is 9.18 Å². The Morgan fingerprint density at radius 3 is 2.53 bits per heavy atom. The van der Waals surface area contributed by atoms with Gasteiger partial charge in [0.15, 0.2) is 0 Å². The minimum atomic E-state index is -1.29. The first-order valence-corrected chi connectivity index (χ1v) is 5.25. The van der Waals surface area contributed by atoms with Gasteiger partial charge in [0.1, 0.15) is 11.4 Å². The number of halogens is 2. The monoisotopic (exact) mass is 250 g/mol. The zero-order valence-electron chi connectivity index (χ0n) is 8.65. The van der Waals surface area contributed by atoms with Crippen LogP contribution in [0.1, 0.15) is 10.4 Å². The summed E-state index contributed by atoms with van der Waals surface area (Å²) in [5, 5.41) is 9.48. The Balaban J connectivity index is 2.67. The summed E-state index contributed by atoms with van der Waals surface area (Å²) in [6, 6.07) is 10.8. The van der Waals surface area contributed by atoms with Crippen LogP contribution < -0.4 is 0 Å². The zero-order chi connectivity index (χ0) is 12.4. The normalized spacial score (nSPS) is 10.2. The maximum atomic E-state index is 13.5. The summed E-state index contributed by atoms with van der Waals surface area (Å²) in [6.07, 6.45) is 0. The molecule has 1 N–H and O–H groups in total. The van der Waals surface area contributed by atoms with Crippen LogP contribution in [0.2, 0.25) is 5.02 Å². The molecule has 86 valence electrons. The summed E-state index contributed by atoms with van der Waals surface area (Å²) < 4.78 is 13.5. The quantitative estimate of drug-likeness (QED) is 0.879. The van der Waals surface area contributed by atoms with Gasteiger partial charge in [-0.1, -0.05) is 35.9 Å². The highest BCUT2D eigenvalue weighted by molar-refractivity contribution is 6.30. The van der Waals surface area contributed by atoms with Crippen molar-refractivity contribution in [2.24, 2.45) is 0 Å². The van der Waals surface area contributed by atoms with Crippen LogP contribution in [-0.4, -0.2) is 11.1 Å². The van der Waals surface area contributed by atoms with E-state index < -0.39 is 11.8 Å². The molecule has 0 radical (unpaired) electrons. The molecule has 2 aromatic rings. The first kappa shape index (κ1) is 11.6. The molecule has 0 spiro atoms. The smallest absolute Gasteiger partial charge is 0.339 e. The maximum absolute atomic E-state index is 13.5. The van der Waals surface area contributed by atoms with E-state index in [4.69, 9.17) is 16.7 Å². The highest BCUT2D eigenvalue weighted by Gasteiger charge is 2.16. The SMILES string of the molecule is O=C(O)c1c(F)cccc1-c1cccc(Cl)c1. The number of hydrogen-bond acceptors (Lipinski definition) is 1. The fourth-order valence-electron chi connectivity index (χ4n) is 1.64. The van der Waals surface area contributed by atoms with Crippen LogP contribution in [0.15, 0.2) is 42.5 Å². The highest BCUT2D eigenvalue weighted by atomic mass is 35.5. The van der Waals surface area contributed by atoms with Gasteiger partial charge in [-0.05, 0) is 29.3 Å². The van der Waals surface area contributed by atoms with Gasteiger partial charge in [0.05, 0.1) is 0 Å². The molecule has 0 aromatic heterocycles. The molecule has 0 saturated heterocycles. The van der Waals surface area contributed by atoms with Crippen molar-refractivity contribution in [1.29, 1.82) is 0 Å². The fourth-order valence-corrected chi connectivity index (χ4v) is 1.83. The summed E-state index contributed by atoms with van der Waals surface area (Å²) in [7, 11) is 0. The standard InChI is InChI=1S/C13H8ClFO2/c14-9-4-1-3-8(7-9)10-5-2-6-11(15)12(10)13(16)17/h1-7H,(H,16,17). The van der Waals surface area contributed by atoms with Crippen molar-refractivity contribution in [3.63, 3.8) is 0 Å². The van der Waals surface area contributed by atoms with E-state index in [1.165, 1.54) is 6.07 Å². The Labute approximate surface area is 102 Å². The number of aromatic carboxylic acids is 1. The molecule has 0 fully saturated rings. The fraction of sp³-hybridized carbons (Fsp3) is 0. The minimum Gasteiger partial charge on any atom is -0.478 e. The second-order valence-electron chi connectivity index (χ2n) is 3.48. The molecule has 0 unspecified atom stereocenters. The van der Waals surface area contributed by atoms with E-state index >= 15 is 0 Å². The molecular weight excluding hydrogens is 243 g/mol. The Morgan fingerprint density at radius 1 is 1.18 bits per heavy atom. The van der Waals surface area contributed by atoms with Crippen LogP contribution in [-0.2, 0) is 0 Å². The van der Waals surface area contributed by atoms with Crippen molar-refractivity contribution in [3.8, 4) is 11.1 Å². The Hall–Kier alpha value is -1.87. The first-order chi connectivity index (χ1) is 8.09. The van der Waals surface area contributed by atoms with Crippen LogP contribution in [0.4, 0.5) is 4.39 Å². The lowest BCUT2D eigenvalue weighted by Crippen LogP contribution is -2.03. The van der Waals surface area contributed by atoms with E-state index in [9.17, 15) is 9.18 Å². The van der Waals surface area contributed by atoms with E-state index in [2.05, 4.69) is 0 Å². The first-order valence-electron chi connectivity index (χ1n) is 4.87. The van der Waals surface area contributed by atoms with Crippen LogP contribution in [0.25, 0.3) is 11.1 Å². The predicted molar refractivity (Wildman–Crippen MR) is 63.8 cm³/mol. The van der Waals surface area contributed by atoms with Crippen LogP contribution in [0.3, 0.4) is 0 Å². The highest BCUT2D eigenvalue weighted by Crippen LogP contribution is 2.27. The molecule has 0 aliphatic carbocycles. The van der Waals surface area contributed by atoms with Crippen molar-refractivity contribution < 1.29 is 14.3 Å². The molecule has 0 saturated carbocycles. The largest absolute Gasteiger partial charge is 0.478 e. The zero-order valence-corrected chi connectivity index (χ0v) is 9.41. The number of benzene rings is 2. The third-order valence-electron chi connectivity index (χ3n) is 2.36. The lowest BCUT2D eigenvalue weighted by atomic mass is 9.99. The van der Waals surface area contributed by atoms with E-state index in [0.29, 0.717) is 16.1 Å². The van der Waals surface area contributed by atoms with Crippen LogP contribution in [0, 0.1) is 5.82 Å². The molecule has 0 aliphatic heterocycles. The summed E-state index contributed by atoms with van der Waals surface area (Å²) >= 11 is 5.83. The average molecular weight is 251 g/mol. The molecule has 0 amide bonds. The van der Waals surface area contributed by atoms with E-state index in [1.54, 1.807) is 30.3 Å². The van der Waals surface area contributed by atoms with E-state index in [-0.39, 0.29) is 5.56 Å². The third-order valence-corrected chi connectivity index (χ3v) is 2.60. The van der Waals surface area contributed by atoms with Gasteiger partial charge < -0.3 is 5.11 Å². The Bertz CT molecular complexity index is 581. The molecule has 0 atom stereocenters. The van der Waals surface area contributed by atoms with E-state index in [0.717, 1.165) is 6.07 Å². The lowest BCUT2D eigenvalue weighted by Gasteiger charge is -2.07. The van der Waals surface area contributed by atoms with Gasteiger partial charge in [-0.2, -0.15) is 0 Å². The Kier molecular flexibility index (Phi) is 3.11. The van der Waals surface area contributed by atoms with Gasteiger partial charge in [0.25, 0.3) is 0 Å². The molecule has 4 heteroatoms. The molecule has 17 heavy (non-hydrogen) atoms. The van der Waals surface area contributed by atoms with Crippen molar-refractivity contribution in [1.82, 2.24) is 0 Å². The van der Waals surface area contributed by atoms with E-state index in [1.807, 2.05) is 0 Å². The van der Waals surface area contributed by atoms with Crippen LogP contribution >= 0.6 is 11.6 Å². The van der Waals surface area contributed by atoms with Gasteiger partial charge in [0.2, 0.25) is 0 Å². The lowest BCUT2D eigenvalue weighted by molar-refractivity contribution is 0.0693. The molecule has 0 heterocycles. The van der Waals surface area contributed by atoms with Gasteiger partial charge >= 0.3 is 5.97 Å². The second kappa shape index (κ2) is 4.55. The number of carboxylic acids is 1. The second-order valence-corrected chi connectivity index (χ2v) is 3.91.